The van der Waals surface area contributed by atoms with Crippen LogP contribution in [-0.2, 0) is 4.70 Å². The van der Waals surface area contributed by atoms with Gasteiger partial charge in [0.1, 0.15) is 0 Å². The van der Waals surface area contributed by atoms with Crippen molar-refractivity contribution < 1.29 is 6.12 Å². The Morgan fingerprint density at radius 1 is 2.50 bits per heavy atom. The van der Waals surface area contributed by atoms with Gasteiger partial charge < -0.3 is 0 Å². The molecule has 0 aliphatic rings. The SMILES string of the molecule is [2H]N(S)B=O. The fourth-order valence-electron chi connectivity index (χ4n) is 0. The van der Waals surface area contributed by atoms with Gasteiger partial charge in [-0.25, -0.2) is 0 Å². The van der Waals surface area contributed by atoms with E-state index in [9.17, 15) is 0 Å². The zero-order valence-corrected chi connectivity index (χ0v) is 2.77. The molecule has 0 aromatic rings. The molecule has 0 aliphatic heterocycles. The summed E-state index contributed by atoms with van der Waals surface area (Å²) < 4.78 is 15.7. The van der Waals surface area contributed by atoms with Gasteiger partial charge in [0.05, 0.1) is 0 Å². The standard InChI is InChI=1S/BH2NOS/c3-1-2-4/h2,4H/i/hD. The van der Waals surface area contributed by atoms with Crippen molar-refractivity contribution in [1.29, 1.82) is 0 Å². The summed E-state index contributed by atoms with van der Waals surface area (Å²) in [6, 6.07) is 0. The van der Waals surface area contributed by atoms with Crippen LogP contribution in [0.3, 0.4) is 0 Å². The van der Waals surface area contributed by atoms with Crippen molar-refractivity contribution in [2.45, 2.75) is 0 Å². The third kappa shape index (κ3) is 2.01. The zero-order chi connectivity index (χ0) is 4.28. The molecule has 4 heteroatoms. The van der Waals surface area contributed by atoms with Crippen molar-refractivity contribution in [2.24, 2.45) is 0 Å². The van der Waals surface area contributed by atoms with Gasteiger partial charge in [-0.2, -0.15) is 0 Å². The minimum atomic E-state index is 0.281. The molecule has 0 aromatic carbocycles. The van der Waals surface area contributed by atoms with E-state index in [1.54, 1.807) is 0 Å². The molecule has 0 fully saturated rings. The third-order valence-electron chi connectivity index (χ3n) is 0.0471. The van der Waals surface area contributed by atoms with E-state index in [-0.39, 0.29) is 7.28 Å². The number of thiol groups is 1. The Hall–Kier alpha value is 0.0149. The van der Waals surface area contributed by atoms with E-state index in [2.05, 4.69) is 12.8 Å². The van der Waals surface area contributed by atoms with Gasteiger partial charge in [-0.15, -0.1) is 0 Å². The van der Waals surface area contributed by atoms with Gasteiger partial charge in [-0.1, -0.05) is 0 Å². The van der Waals surface area contributed by atoms with E-state index in [4.69, 9.17) is 6.12 Å². The summed E-state index contributed by atoms with van der Waals surface area (Å²) in [7, 11) is 0.281. The summed E-state index contributed by atoms with van der Waals surface area (Å²) in [6.45, 7) is 0. The summed E-state index contributed by atoms with van der Waals surface area (Å²) in [6.07, 6.45) is 0. The van der Waals surface area contributed by atoms with E-state index in [0.717, 1.165) is 0 Å². The molecule has 0 unspecified atom stereocenters. The van der Waals surface area contributed by atoms with E-state index in [1.807, 2.05) is 0 Å². The van der Waals surface area contributed by atoms with Crippen LogP contribution >= 0.6 is 12.8 Å². The molecule has 0 aliphatic carbocycles. The van der Waals surface area contributed by atoms with Crippen molar-refractivity contribution >= 4 is 20.1 Å². The van der Waals surface area contributed by atoms with Crippen LogP contribution in [-0.4, -0.2) is 7.28 Å². The fourth-order valence-corrected chi connectivity index (χ4v) is 0. The van der Waals surface area contributed by atoms with Crippen molar-refractivity contribution in [2.75, 3.05) is 0 Å². The van der Waals surface area contributed by atoms with Crippen molar-refractivity contribution in [3.8, 4) is 0 Å². The number of hydrogen-bond acceptors (Lipinski definition) is 2. The summed E-state index contributed by atoms with van der Waals surface area (Å²) in [5.41, 5.74) is 0. The van der Waals surface area contributed by atoms with E-state index < -0.39 is 0 Å². The summed E-state index contributed by atoms with van der Waals surface area (Å²) >= 11 is 3.23. The van der Waals surface area contributed by atoms with E-state index >= 15 is 0 Å². The van der Waals surface area contributed by atoms with Crippen LogP contribution in [0, 0.1) is 0 Å². The molecule has 0 atom stereocenters. The second-order valence-corrected chi connectivity index (χ2v) is 0.452. The molecule has 0 heterocycles. The number of hydrogen-bond donors (Lipinski definition) is 2. The molecule has 1 N–H and O–H groups in total. The van der Waals surface area contributed by atoms with Gasteiger partial charge in [0.25, 0.3) is 0 Å². The second-order valence-electron chi connectivity index (χ2n) is 0.221. The summed E-state index contributed by atoms with van der Waals surface area (Å²) in [5, 5.41) is 0. The van der Waals surface area contributed by atoms with Crippen LogP contribution in [0.4, 0.5) is 0 Å². The van der Waals surface area contributed by atoms with Crippen molar-refractivity contribution in [3.63, 3.8) is 0 Å². The van der Waals surface area contributed by atoms with Crippen LogP contribution in [0.15, 0.2) is 0 Å². The van der Waals surface area contributed by atoms with Gasteiger partial charge in [0, 0.05) is 0 Å². The first kappa shape index (κ1) is 2.26. The Balaban J connectivity index is 2.83. The molecular formula is H2BNOS. The second kappa shape index (κ2) is 3.01. The van der Waals surface area contributed by atoms with Crippen molar-refractivity contribution in [3.05, 3.63) is 0 Å². The van der Waals surface area contributed by atoms with Crippen LogP contribution in [0.5, 0.6) is 0 Å². The Morgan fingerprint density at radius 2 is 2.75 bits per heavy atom. The molecule has 0 rings (SSSR count). The Kier molecular flexibility index (Phi) is 1.71. The Morgan fingerprint density at radius 3 is 2.75 bits per heavy atom. The monoisotopic (exact) mass is 76.0 g/mol. The first-order chi connectivity index (χ1) is 2.27. The fraction of sp³-hybridized carbons (Fsp3) is 0. The molecule has 0 aromatic heterocycles. The normalized spacial score (nSPS) is 7.75. The van der Waals surface area contributed by atoms with Gasteiger partial charge >= 0.3 is 30.8 Å². The summed E-state index contributed by atoms with van der Waals surface area (Å²) in [5.74, 6) is 0. The molecule has 2 nitrogen and oxygen atoms in total. The van der Waals surface area contributed by atoms with Crippen LogP contribution in [0.2, 0.25) is 1.41 Å². The van der Waals surface area contributed by atoms with Gasteiger partial charge in [0.2, 0.25) is 0 Å². The Bertz CT molecular complexity index is 38.6. The molecule has 22 valence electrons. The molecule has 0 radical (unpaired) electrons. The number of nitrogens with one attached hydrogen (secondary N) is 1. The average molecular weight is 75.9 g/mol. The topological polar surface area (TPSA) is 29.1 Å². The Labute approximate surface area is 31.9 Å². The maximum absolute atomic E-state index is 9.17. The molecular weight excluding hydrogens is 72.9 g/mol. The summed E-state index contributed by atoms with van der Waals surface area (Å²) in [4.78, 5) is 0. The first-order valence-electron chi connectivity index (χ1n) is 1.14. The van der Waals surface area contributed by atoms with Gasteiger partial charge in [0.15, 0.2) is 0 Å². The zero-order valence-electron chi connectivity index (χ0n) is 2.88. The maximum atomic E-state index is 9.17. The first-order valence-corrected chi connectivity index (χ1v) is 1.09. The average Bonchev–Trinajstić information content (AvgIpc) is 1.38. The molecule has 0 saturated carbocycles. The molecule has 0 spiro atoms. The molecule has 0 bridgehead atoms. The number of rotatable bonds is 1. The predicted molar refractivity (Wildman–Crippen MR) is 18.6 cm³/mol. The van der Waals surface area contributed by atoms with Crippen LogP contribution in [0.1, 0.15) is 0 Å². The van der Waals surface area contributed by atoms with Gasteiger partial charge in [-0.05, 0) is 0 Å². The molecule has 4 heavy (non-hydrogen) atoms. The van der Waals surface area contributed by atoms with Crippen molar-refractivity contribution in [1.82, 2.24) is 4.63 Å². The molecule has 0 amide bonds. The van der Waals surface area contributed by atoms with Crippen LogP contribution < -0.4 is 4.63 Å². The quantitative estimate of drug-likeness (QED) is 0.322. The van der Waals surface area contributed by atoms with Crippen LogP contribution in [0.25, 0.3) is 0 Å². The minimum absolute atomic E-state index is 0.281. The molecule has 0 saturated heterocycles. The van der Waals surface area contributed by atoms with E-state index in [0.29, 0.717) is 4.63 Å². The van der Waals surface area contributed by atoms with E-state index in [1.165, 1.54) is 0 Å². The third-order valence-corrected chi connectivity index (χ3v) is 0.141. The van der Waals surface area contributed by atoms with Gasteiger partial charge in [-0.3, -0.25) is 0 Å². The predicted octanol–water partition coefficient (Wildman–Crippen LogP) is -0.615.